The highest BCUT2D eigenvalue weighted by atomic mass is 19.4. The molecule has 0 saturated carbocycles. The van der Waals surface area contributed by atoms with Crippen LogP contribution in [0.1, 0.15) is 21.7 Å². The van der Waals surface area contributed by atoms with Crippen LogP contribution in [0.25, 0.3) is 10.9 Å². The first-order valence-corrected chi connectivity index (χ1v) is 9.81. The summed E-state index contributed by atoms with van der Waals surface area (Å²) in [5.41, 5.74) is -0.0253. The quantitative estimate of drug-likeness (QED) is 0.628. The molecule has 0 atom stereocenters. The maximum atomic E-state index is 12.8. The molecule has 1 aromatic carbocycles. The van der Waals surface area contributed by atoms with Crippen LogP contribution in [-0.4, -0.2) is 57.5 Å². The van der Waals surface area contributed by atoms with Crippen LogP contribution < -0.4 is 5.32 Å². The monoisotopic (exact) mass is 431 g/mol. The Kier molecular flexibility index (Phi) is 5.73. The molecule has 0 unspecified atom stereocenters. The summed E-state index contributed by atoms with van der Waals surface area (Å²) >= 11 is 0. The second-order valence-corrected chi connectivity index (χ2v) is 7.36. The van der Waals surface area contributed by atoms with Crippen molar-refractivity contribution in [3.05, 3.63) is 59.5 Å². The highest BCUT2D eigenvalue weighted by molar-refractivity contribution is 5.96. The number of benzene rings is 1. The third-order valence-corrected chi connectivity index (χ3v) is 5.07. The molecule has 1 amide bonds. The number of amides is 1. The van der Waals surface area contributed by atoms with Crippen LogP contribution in [0, 0.1) is 0 Å². The normalized spacial score (nSPS) is 14.7. The minimum atomic E-state index is -4.61. The van der Waals surface area contributed by atoms with Crippen LogP contribution in [0.4, 0.5) is 13.2 Å². The van der Waals surface area contributed by atoms with Crippen LogP contribution in [-0.2, 0) is 23.9 Å². The van der Waals surface area contributed by atoms with Gasteiger partial charge in [-0.25, -0.2) is 4.98 Å². The molecule has 162 valence electrons. The molecular formula is C21H20F3N5O2. The molecule has 1 saturated heterocycles. The lowest BCUT2D eigenvalue weighted by Crippen LogP contribution is -2.47. The van der Waals surface area contributed by atoms with E-state index in [0.717, 1.165) is 24.5 Å². The van der Waals surface area contributed by atoms with E-state index in [-0.39, 0.29) is 24.6 Å². The lowest BCUT2D eigenvalue weighted by molar-refractivity contribution is -0.141. The topological polar surface area (TPSA) is 80.1 Å². The second kappa shape index (κ2) is 8.46. The molecule has 0 aliphatic carbocycles. The van der Waals surface area contributed by atoms with E-state index in [2.05, 4.69) is 15.4 Å². The van der Waals surface area contributed by atoms with E-state index >= 15 is 0 Å². The first-order chi connectivity index (χ1) is 14.8. The summed E-state index contributed by atoms with van der Waals surface area (Å²) < 4.78 is 40.1. The second-order valence-electron chi connectivity index (χ2n) is 7.36. The average molecular weight is 431 g/mol. The summed E-state index contributed by atoms with van der Waals surface area (Å²) in [5.74, 6) is -0.521. The first-order valence-electron chi connectivity index (χ1n) is 9.81. The van der Waals surface area contributed by atoms with E-state index in [4.69, 9.17) is 0 Å². The van der Waals surface area contributed by atoms with E-state index < -0.39 is 17.7 Å². The maximum Gasteiger partial charge on any atom is 0.433 e. The number of carbonyl (C=O) groups is 2. The lowest BCUT2D eigenvalue weighted by Gasteiger charge is -2.27. The van der Waals surface area contributed by atoms with Gasteiger partial charge < -0.3 is 10.2 Å². The number of Topliss-reactive ketones (excluding diaryl/α,β-unsaturated/α-hetero) is 1. The first kappa shape index (κ1) is 21.0. The molecule has 0 bridgehead atoms. The van der Waals surface area contributed by atoms with E-state index in [1.54, 1.807) is 34.0 Å². The average Bonchev–Trinajstić information content (AvgIpc) is 3.15. The number of hydrogen-bond donors (Lipinski definition) is 1. The van der Waals surface area contributed by atoms with Crippen LogP contribution in [0.15, 0.2) is 42.6 Å². The maximum absolute atomic E-state index is 12.8. The molecule has 0 radical (unpaired) electrons. The fourth-order valence-corrected chi connectivity index (χ4v) is 3.49. The Morgan fingerprint density at radius 3 is 2.61 bits per heavy atom. The molecule has 1 aliphatic heterocycles. The summed E-state index contributed by atoms with van der Waals surface area (Å²) in [7, 11) is 0. The lowest BCUT2D eigenvalue weighted by atomic mass is 10.0. The number of piperazine rings is 1. The zero-order chi connectivity index (χ0) is 22.0. The van der Waals surface area contributed by atoms with Gasteiger partial charge in [0.15, 0.2) is 5.78 Å². The SMILES string of the molecule is O=C(Cc1ccc2nn(CC(=O)N3CCNCC3)cc2c1)c1cccc(C(F)(F)F)n1. The predicted molar refractivity (Wildman–Crippen MR) is 106 cm³/mol. The van der Waals surface area contributed by atoms with Crippen molar-refractivity contribution in [2.45, 2.75) is 19.1 Å². The molecular weight excluding hydrogens is 411 g/mol. The number of rotatable bonds is 5. The predicted octanol–water partition coefficient (Wildman–Crippen LogP) is 2.31. The fraction of sp³-hybridized carbons (Fsp3) is 0.333. The molecule has 1 aliphatic rings. The van der Waals surface area contributed by atoms with Crippen LogP contribution >= 0.6 is 0 Å². The number of ketones is 1. The van der Waals surface area contributed by atoms with Crippen LogP contribution in [0.2, 0.25) is 0 Å². The van der Waals surface area contributed by atoms with Gasteiger partial charge in [-0.3, -0.25) is 14.3 Å². The van der Waals surface area contributed by atoms with Gasteiger partial charge in [0.1, 0.15) is 17.9 Å². The van der Waals surface area contributed by atoms with Crippen molar-refractivity contribution in [2.24, 2.45) is 0 Å². The number of aromatic nitrogens is 3. The number of hydrogen-bond acceptors (Lipinski definition) is 5. The summed E-state index contributed by atoms with van der Waals surface area (Å²) in [4.78, 5) is 30.1. The number of fused-ring (bicyclic) bond motifs is 1. The molecule has 7 nitrogen and oxygen atoms in total. The molecule has 10 heteroatoms. The van der Waals surface area contributed by atoms with E-state index in [1.165, 1.54) is 12.1 Å². The Bertz CT molecular complexity index is 1120. The Morgan fingerprint density at radius 1 is 1.10 bits per heavy atom. The van der Waals surface area contributed by atoms with Gasteiger partial charge in [0.2, 0.25) is 5.91 Å². The Hall–Kier alpha value is -3.27. The third kappa shape index (κ3) is 4.91. The van der Waals surface area contributed by atoms with E-state index in [1.807, 2.05) is 0 Å². The summed E-state index contributed by atoms with van der Waals surface area (Å²) in [5, 5.41) is 8.34. The highest BCUT2D eigenvalue weighted by Crippen LogP contribution is 2.27. The zero-order valence-electron chi connectivity index (χ0n) is 16.5. The number of carbonyl (C=O) groups excluding carboxylic acids is 2. The summed E-state index contributed by atoms with van der Waals surface area (Å²) in [6.45, 7) is 2.98. The fourth-order valence-electron chi connectivity index (χ4n) is 3.49. The van der Waals surface area contributed by atoms with Crippen molar-refractivity contribution in [2.75, 3.05) is 26.2 Å². The molecule has 1 N–H and O–H groups in total. The smallest absolute Gasteiger partial charge is 0.339 e. The number of nitrogens with zero attached hydrogens (tertiary/aromatic N) is 4. The molecule has 31 heavy (non-hydrogen) atoms. The molecule has 1 fully saturated rings. The van der Waals surface area contributed by atoms with Crippen molar-refractivity contribution in [1.29, 1.82) is 0 Å². The van der Waals surface area contributed by atoms with Crippen molar-refractivity contribution in [3.8, 4) is 0 Å². The van der Waals surface area contributed by atoms with Crippen molar-refractivity contribution in [3.63, 3.8) is 0 Å². The van der Waals surface area contributed by atoms with Gasteiger partial charge in [-0.1, -0.05) is 12.1 Å². The van der Waals surface area contributed by atoms with Crippen molar-refractivity contribution < 1.29 is 22.8 Å². The standard InChI is InChI=1S/C21H20F3N5O2/c22-21(23,24)19-3-1-2-17(26-19)18(30)11-14-4-5-16-15(10-14)12-29(27-16)13-20(31)28-8-6-25-7-9-28/h1-5,10,12,25H,6-9,11,13H2. The molecule has 4 rings (SSSR count). The largest absolute Gasteiger partial charge is 0.433 e. The van der Waals surface area contributed by atoms with Crippen molar-refractivity contribution >= 4 is 22.6 Å². The van der Waals surface area contributed by atoms with Gasteiger partial charge in [0.25, 0.3) is 0 Å². The Labute approximate surface area is 175 Å². The highest BCUT2D eigenvalue weighted by Gasteiger charge is 2.32. The minimum Gasteiger partial charge on any atom is -0.339 e. The Morgan fingerprint density at radius 2 is 1.87 bits per heavy atom. The van der Waals surface area contributed by atoms with E-state index in [0.29, 0.717) is 24.2 Å². The van der Waals surface area contributed by atoms with Gasteiger partial charge in [-0.2, -0.15) is 18.3 Å². The van der Waals surface area contributed by atoms with Gasteiger partial charge in [0.05, 0.1) is 5.52 Å². The minimum absolute atomic E-state index is 0.0136. The summed E-state index contributed by atoms with van der Waals surface area (Å²) in [6.07, 6.45) is -2.97. The molecule has 3 aromatic rings. The molecule has 0 spiro atoms. The van der Waals surface area contributed by atoms with Gasteiger partial charge in [-0.15, -0.1) is 0 Å². The Balaban J connectivity index is 1.47. The van der Waals surface area contributed by atoms with E-state index in [9.17, 15) is 22.8 Å². The van der Waals surface area contributed by atoms with Gasteiger partial charge in [-0.05, 0) is 29.8 Å². The number of pyridine rings is 1. The summed E-state index contributed by atoms with van der Waals surface area (Å²) in [6, 6.07) is 8.45. The number of halogens is 3. The van der Waals surface area contributed by atoms with Crippen molar-refractivity contribution in [1.82, 2.24) is 25.0 Å². The van der Waals surface area contributed by atoms with Crippen LogP contribution in [0.3, 0.4) is 0 Å². The molecule has 2 aromatic heterocycles. The van der Waals surface area contributed by atoms with Gasteiger partial charge in [0, 0.05) is 44.2 Å². The van der Waals surface area contributed by atoms with Gasteiger partial charge >= 0.3 is 6.18 Å². The van der Waals surface area contributed by atoms with Crippen LogP contribution in [0.5, 0.6) is 0 Å². The number of nitrogens with one attached hydrogen (secondary N) is 1. The number of alkyl halides is 3. The third-order valence-electron chi connectivity index (χ3n) is 5.07. The molecule has 3 heterocycles. The zero-order valence-corrected chi connectivity index (χ0v) is 16.5.